The number of fused-ring (bicyclic) bond motifs is 1. The smallest absolute Gasteiger partial charge is 0.123 e. The van der Waals surface area contributed by atoms with E-state index in [9.17, 15) is 9.50 Å². The molecule has 1 N–H and O–H groups in total. The van der Waals surface area contributed by atoms with Crippen LogP contribution in [0.25, 0.3) is 0 Å². The van der Waals surface area contributed by atoms with Crippen LogP contribution in [0.1, 0.15) is 30.9 Å². The fourth-order valence-electron chi connectivity index (χ4n) is 3.44. The van der Waals surface area contributed by atoms with Crippen molar-refractivity contribution in [2.45, 2.75) is 31.4 Å². The Bertz CT molecular complexity index is 454. The quantitative estimate of drug-likeness (QED) is 0.913. The Kier molecular flexibility index (Phi) is 4.34. The number of rotatable bonds is 4. The van der Waals surface area contributed by atoms with Crippen LogP contribution in [0.3, 0.4) is 0 Å². The van der Waals surface area contributed by atoms with Crippen LogP contribution in [0.5, 0.6) is 0 Å². The molecule has 0 radical (unpaired) electrons. The van der Waals surface area contributed by atoms with E-state index in [0.717, 1.165) is 32.2 Å². The second-order valence-corrected chi connectivity index (χ2v) is 5.99. The van der Waals surface area contributed by atoms with Gasteiger partial charge in [0.2, 0.25) is 0 Å². The number of benzene rings is 1. The molecule has 2 aliphatic rings. The van der Waals surface area contributed by atoms with Crippen LogP contribution in [-0.2, 0) is 0 Å². The van der Waals surface area contributed by atoms with Crippen molar-refractivity contribution in [2.24, 2.45) is 0 Å². The van der Waals surface area contributed by atoms with Crippen LogP contribution in [0.15, 0.2) is 24.3 Å². The summed E-state index contributed by atoms with van der Waals surface area (Å²) in [6, 6.07) is 7.01. The Morgan fingerprint density at radius 2 is 2.20 bits per heavy atom. The SMILES string of the molecule is OC(CCN1CCN2CCCC2C1)c1cccc(F)c1. The Labute approximate surface area is 120 Å². The summed E-state index contributed by atoms with van der Waals surface area (Å²) in [5.41, 5.74) is 0.685. The largest absolute Gasteiger partial charge is 0.388 e. The standard InChI is InChI=1S/C16H23FN2O/c17-14-4-1-3-13(11-14)16(20)6-8-18-9-10-19-7-2-5-15(19)12-18/h1,3-4,11,15-16,20H,2,5-10,12H2. The molecule has 3 nitrogen and oxygen atoms in total. The molecule has 1 aromatic rings. The summed E-state index contributed by atoms with van der Waals surface area (Å²) in [6.45, 7) is 5.51. The number of aliphatic hydroxyl groups excluding tert-OH is 1. The molecule has 0 spiro atoms. The normalized spacial score (nSPS) is 25.6. The maximum atomic E-state index is 13.1. The second-order valence-electron chi connectivity index (χ2n) is 5.99. The van der Waals surface area contributed by atoms with Crippen molar-refractivity contribution in [3.8, 4) is 0 Å². The van der Waals surface area contributed by atoms with Crippen LogP contribution in [0.2, 0.25) is 0 Å². The number of piperazine rings is 1. The van der Waals surface area contributed by atoms with E-state index < -0.39 is 6.10 Å². The zero-order valence-corrected chi connectivity index (χ0v) is 11.8. The van der Waals surface area contributed by atoms with Gasteiger partial charge in [-0.2, -0.15) is 0 Å². The molecule has 0 saturated carbocycles. The maximum Gasteiger partial charge on any atom is 0.123 e. The van der Waals surface area contributed by atoms with Crippen LogP contribution >= 0.6 is 0 Å². The summed E-state index contributed by atoms with van der Waals surface area (Å²) in [5, 5.41) is 10.2. The van der Waals surface area contributed by atoms with Gasteiger partial charge in [-0.15, -0.1) is 0 Å². The van der Waals surface area contributed by atoms with Crippen molar-refractivity contribution in [3.63, 3.8) is 0 Å². The van der Waals surface area contributed by atoms with E-state index in [1.807, 2.05) is 0 Å². The fourth-order valence-corrected chi connectivity index (χ4v) is 3.44. The molecule has 2 fully saturated rings. The van der Waals surface area contributed by atoms with Crippen molar-refractivity contribution >= 4 is 0 Å². The van der Waals surface area contributed by atoms with Crippen LogP contribution in [0, 0.1) is 5.82 Å². The highest BCUT2D eigenvalue weighted by Gasteiger charge is 2.30. The van der Waals surface area contributed by atoms with Gasteiger partial charge in [-0.1, -0.05) is 12.1 Å². The number of hydrogen-bond acceptors (Lipinski definition) is 3. The molecule has 110 valence electrons. The molecule has 0 aromatic heterocycles. The van der Waals surface area contributed by atoms with Crippen LogP contribution < -0.4 is 0 Å². The average Bonchev–Trinajstić information content (AvgIpc) is 2.92. The zero-order chi connectivity index (χ0) is 13.9. The molecular formula is C16H23FN2O. The van der Waals surface area contributed by atoms with E-state index in [0.29, 0.717) is 12.0 Å². The van der Waals surface area contributed by atoms with Gasteiger partial charge in [0, 0.05) is 32.2 Å². The third kappa shape index (κ3) is 3.19. The summed E-state index contributed by atoms with van der Waals surface area (Å²) in [6.07, 6.45) is 2.75. The first-order valence-corrected chi connectivity index (χ1v) is 7.62. The molecule has 0 amide bonds. The van der Waals surface area contributed by atoms with Crippen molar-refractivity contribution in [2.75, 3.05) is 32.7 Å². The number of nitrogens with zero attached hydrogens (tertiary/aromatic N) is 2. The molecule has 0 aliphatic carbocycles. The van der Waals surface area contributed by atoms with E-state index in [4.69, 9.17) is 0 Å². The van der Waals surface area contributed by atoms with Gasteiger partial charge in [-0.3, -0.25) is 4.90 Å². The lowest BCUT2D eigenvalue weighted by Crippen LogP contribution is -2.50. The van der Waals surface area contributed by atoms with Gasteiger partial charge < -0.3 is 10.0 Å². The summed E-state index contributed by atoms with van der Waals surface area (Å²) in [4.78, 5) is 5.02. The summed E-state index contributed by atoms with van der Waals surface area (Å²) < 4.78 is 13.1. The van der Waals surface area contributed by atoms with Gasteiger partial charge in [-0.05, 0) is 43.5 Å². The number of hydrogen-bond donors (Lipinski definition) is 1. The molecule has 2 heterocycles. The van der Waals surface area contributed by atoms with Gasteiger partial charge in [-0.25, -0.2) is 4.39 Å². The third-order valence-electron chi connectivity index (χ3n) is 4.62. The van der Waals surface area contributed by atoms with E-state index in [2.05, 4.69) is 9.80 Å². The molecule has 2 unspecified atom stereocenters. The minimum Gasteiger partial charge on any atom is -0.388 e. The van der Waals surface area contributed by atoms with E-state index >= 15 is 0 Å². The van der Waals surface area contributed by atoms with Crippen molar-refractivity contribution in [1.29, 1.82) is 0 Å². The maximum absolute atomic E-state index is 13.1. The van der Waals surface area contributed by atoms with Gasteiger partial charge in [0.25, 0.3) is 0 Å². The molecule has 20 heavy (non-hydrogen) atoms. The van der Waals surface area contributed by atoms with Gasteiger partial charge >= 0.3 is 0 Å². The first-order valence-electron chi connectivity index (χ1n) is 7.62. The molecule has 0 bridgehead atoms. The minimum absolute atomic E-state index is 0.277. The minimum atomic E-state index is -0.563. The average molecular weight is 278 g/mol. The molecule has 4 heteroatoms. The fraction of sp³-hybridized carbons (Fsp3) is 0.625. The topological polar surface area (TPSA) is 26.7 Å². The molecule has 2 atom stereocenters. The number of halogens is 1. The van der Waals surface area contributed by atoms with E-state index in [-0.39, 0.29) is 5.82 Å². The van der Waals surface area contributed by atoms with E-state index in [1.54, 1.807) is 12.1 Å². The first kappa shape index (κ1) is 14.0. The predicted molar refractivity (Wildman–Crippen MR) is 77.0 cm³/mol. The van der Waals surface area contributed by atoms with Crippen LogP contribution in [0.4, 0.5) is 4.39 Å². The molecule has 2 aliphatic heterocycles. The highest BCUT2D eigenvalue weighted by atomic mass is 19.1. The lowest BCUT2D eigenvalue weighted by molar-refractivity contribution is 0.0834. The zero-order valence-electron chi connectivity index (χ0n) is 11.8. The third-order valence-corrected chi connectivity index (χ3v) is 4.62. The van der Waals surface area contributed by atoms with Crippen LogP contribution in [-0.4, -0.2) is 53.7 Å². The van der Waals surface area contributed by atoms with Crippen molar-refractivity contribution in [3.05, 3.63) is 35.6 Å². The predicted octanol–water partition coefficient (Wildman–Crippen LogP) is 2.03. The lowest BCUT2D eigenvalue weighted by Gasteiger charge is -2.37. The molecule has 1 aromatic carbocycles. The number of aliphatic hydroxyl groups is 1. The van der Waals surface area contributed by atoms with Crippen molar-refractivity contribution < 1.29 is 9.50 Å². The lowest BCUT2D eigenvalue weighted by atomic mass is 10.1. The first-order chi connectivity index (χ1) is 9.72. The monoisotopic (exact) mass is 278 g/mol. The summed E-state index contributed by atoms with van der Waals surface area (Å²) >= 11 is 0. The highest BCUT2D eigenvalue weighted by molar-refractivity contribution is 5.18. The second kappa shape index (κ2) is 6.20. The Hall–Kier alpha value is -0.970. The van der Waals surface area contributed by atoms with E-state index in [1.165, 1.54) is 31.5 Å². The van der Waals surface area contributed by atoms with Crippen molar-refractivity contribution in [1.82, 2.24) is 9.80 Å². The molecular weight excluding hydrogens is 255 g/mol. The highest BCUT2D eigenvalue weighted by Crippen LogP contribution is 2.23. The summed E-state index contributed by atoms with van der Waals surface area (Å²) in [5.74, 6) is -0.277. The van der Waals surface area contributed by atoms with Gasteiger partial charge in [0.05, 0.1) is 6.10 Å². The van der Waals surface area contributed by atoms with Gasteiger partial charge in [0.1, 0.15) is 5.82 Å². The molecule has 2 saturated heterocycles. The molecule has 3 rings (SSSR count). The van der Waals surface area contributed by atoms with Gasteiger partial charge in [0.15, 0.2) is 0 Å². The Morgan fingerprint density at radius 3 is 3.05 bits per heavy atom. The summed E-state index contributed by atoms with van der Waals surface area (Å²) in [7, 11) is 0. The Morgan fingerprint density at radius 1 is 1.30 bits per heavy atom. The Balaban J connectivity index is 1.49.